The van der Waals surface area contributed by atoms with Crippen LogP contribution < -0.4 is 0 Å². The van der Waals surface area contributed by atoms with Crippen molar-refractivity contribution in [1.82, 2.24) is 14.7 Å². The number of fused-ring (bicyclic) bond motifs is 4. The Balaban J connectivity index is 1.84. The minimum absolute atomic E-state index is 0.0525. The van der Waals surface area contributed by atoms with Crippen LogP contribution >= 0.6 is 0 Å². The van der Waals surface area contributed by atoms with Gasteiger partial charge in [-0.1, -0.05) is 6.07 Å². The van der Waals surface area contributed by atoms with Crippen molar-refractivity contribution in [2.24, 2.45) is 5.92 Å². The maximum absolute atomic E-state index is 14.0. The van der Waals surface area contributed by atoms with Crippen LogP contribution in [0.25, 0.3) is 0 Å². The van der Waals surface area contributed by atoms with Gasteiger partial charge in [0, 0.05) is 33.2 Å². The number of carbonyl (C=O) groups is 3. The van der Waals surface area contributed by atoms with E-state index in [2.05, 4.69) is 0 Å². The summed E-state index contributed by atoms with van der Waals surface area (Å²) in [6, 6.07) is 2.95. The lowest BCUT2D eigenvalue weighted by Crippen LogP contribution is -2.51. The van der Waals surface area contributed by atoms with Gasteiger partial charge >= 0.3 is 0 Å². The number of benzene rings is 1. The lowest BCUT2D eigenvalue weighted by molar-refractivity contribution is -0.145. The Hall–Kier alpha value is -2.51. The molecule has 26 heavy (non-hydrogen) atoms. The van der Waals surface area contributed by atoms with Crippen LogP contribution in [0.2, 0.25) is 0 Å². The molecule has 8 heteroatoms. The second kappa shape index (κ2) is 7.01. The molecule has 0 aliphatic carbocycles. The maximum atomic E-state index is 14.0. The van der Waals surface area contributed by atoms with Crippen molar-refractivity contribution in [3.8, 4) is 0 Å². The summed E-state index contributed by atoms with van der Waals surface area (Å²) in [4.78, 5) is 41.6. The second-order valence-corrected chi connectivity index (χ2v) is 6.99. The van der Waals surface area contributed by atoms with E-state index in [1.54, 1.807) is 14.1 Å². The van der Waals surface area contributed by atoms with E-state index in [1.165, 1.54) is 20.8 Å². The molecule has 1 aromatic rings. The van der Waals surface area contributed by atoms with Gasteiger partial charge in [-0.05, 0) is 25.0 Å². The van der Waals surface area contributed by atoms with Crippen molar-refractivity contribution in [2.45, 2.75) is 18.9 Å². The molecule has 0 aromatic heterocycles. The van der Waals surface area contributed by atoms with Crippen LogP contribution in [0.15, 0.2) is 18.2 Å². The van der Waals surface area contributed by atoms with Crippen LogP contribution in [0.1, 0.15) is 23.2 Å². The second-order valence-electron chi connectivity index (χ2n) is 6.99. The first kappa shape index (κ1) is 18.3. The van der Waals surface area contributed by atoms with Gasteiger partial charge in [0.2, 0.25) is 11.8 Å². The number of amides is 3. The zero-order chi connectivity index (χ0) is 19.0. The number of rotatable bonds is 3. The minimum atomic E-state index is -0.919. The standard InChI is InChI=1S/C18H21F2N3O3/c1-21(2)15(24)10-23-12-7-6-11(17(23)25)8-22(9-12)18(26)16-13(19)4-3-5-14(16)20/h3-5,11-12H,6-10H2,1-2H3/t11-,12+/m1/s1. The zero-order valence-electron chi connectivity index (χ0n) is 14.7. The largest absolute Gasteiger partial charge is 0.347 e. The molecule has 1 aromatic carbocycles. The van der Waals surface area contributed by atoms with Gasteiger partial charge in [0.05, 0.1) is 5.92 Å². The fourth-order valence-electron chi connectivity index (χ4n) is 3.56. The molecular formula is C18H21F2N3O3. The van der Waals surface area contributed by atoms with E-state index >= 15 is 0 Å². The highest BCUT2D eigenvalue weighted by atomic mass is 19.1. The molecule has 140 valence electrons. The van der Waals surface area contributed by atoms with E-state index in [9.17, 15) is 23.2 Å². The van der Waals surface area contributed by atoms with Crippen LogP contribution in [-0.4, -0.2) is 72.2 Å². The van der Waals surface area contributed by atoms with Gasteiger partial charge < -0.3 is 14.7 Å². The number of piperidine rings is 1. The Bertz CT molecular complexity index is 733. The number of halogens is 2. The maximum Gasteiger partial charge on any atom is 0.259 e. The summed E-state index contributed by atoms with van der Waals surface area (Å²) in [6.07, 6.45) is 1.25. The summed E-state index contributed by atoms with van der Waals surface area (Å²) in [5, 5.41) is 0. The van der Waals surface area contributed by atoms with Gasteiger partial charge in [0.1, 0.15) is 23.7 Å². The number of likely N-dealkylation sites (N-methyl/N-ethyl adjacent to an activating group) is 1. The number of hydrogen-bond donors (Lipinski definition) is 0. The molecule has 0 spiro atoms. The highest BCUT2D eigenvalue weighted by Gasteiger charge is 2.43. The van der Waals surface area contributed by atoms with Gasteiger partial charge in [0.15, 0.2) is 0 Å². The summed E-state index contributed by atoms with van der Waals surface area (Å²) in [7, 11) is 3.22. The van der Waals surface area contributed by atoms with Crippen molar-refractivity contribution < 1.29 is 23.2 Å². The highest BCUT2D eigenvalue weighted by molar-refractivity contribution is 5.96. The minimum Gasteiger partial charge on any atom is -0.347 e. The highest BCUT2D eigenvalue weighted by Crippen LogP contribution is 2.30. The Morgan fingerprint density at radius 3 is 2.42 bits per heavy atom. The van der Waals surface area contributed by atoms with E-state index in [0.29, 0.717) is 12.8 Å². The first-order chi connectivity index (χ1) is 12.3. The Morgan fingerprint density at radius 2 is 1.81 bits per heavy atom. The molecule has 0 saturated carbocycles. The Labute approximate surface area is 150 Å². The first-order valence-corrected chi connectivity index (χ1v) is 8.53. The SMILES string of the molecule is CN(C)C(=O)CN1C(=O)[C@@H]2CC[C@H]1CN(C(=O)c1c(F)cccc1F)C2. The fourth-order valence-corrected chi connectivity index (χ4v) is 3.56. The quantitative estimate of drug-likeness (QED) is 0.806. The summed E-state index contributed by atoms with van der Waals surface area (Å²) >= 11 is 0. The third-order valence-electron chi connectivity index (χ3n) is 5.06. The van der Waals surface area contributed by atoms with E-state index in [0.717, 1.165) is 12.1 Å². The molecule has 3 amide bonds. The smallest absolute Gasteiger partial charge is 0.259 e. The molecule has 2 bridgehead atoms. The summed E-state index contributed by atoms with van der Waals surface area (Å²) in [6.45, 7) is 0.216. The summed E-state index contributed by atoms with van der Waals surface area (Å²) in [5.41, 5.74) is -0.600. The van der Waals surface area contributed by atoms with E-state index in [1.807, 2.05) is 0 Å². The van der Waals surface area contributed by atoms with Crippen LogP contribution in [-0.2, 0) is 9.59 Å². The van der Waals surface area contributed by atoms with Gasteiger partial charge in [0.25, 0.3) is 5.91 Å². The molecule has 3 saturated heterocycles. The fraction of sp³-hybridized carbons (Fsp3) is 0.500. The van der Waals surface area contributed by atoms with Crippen molar-refractivity contribution in [2.75, 3.05) is 33.7 Å². The molecule has 0 unspecified atom stereocenters. The number of carbonyl (C=O) groups excluding carboxylic acids is 3. The molecule has 4 rings (SSSR count). The normalized spacial score (nSPS) is 22.4. The molecule has 3 aliphatic rings. The molecule has 3 aliphatic heterocycles. The average Bonchev–Trinajstić information content (AvgIpc) is 2.87. The number of hydrogen-bond acceptors (Lipinski definition) is 3. The van der Waals surface area contributed by atoms with E-state index in [4.69, 9.17) is 0 Å². The van der Waals surface area contributed by atoms with Crippen LogP contribution in [0, 0.1) is 17.6 Å². The first-order valence-electron chi connectivity index (χ1n) is 8.53. The predicted octanol–water partition coefficient (Wildman–Crippen LogP) is 1.12. The van der Waals surface area contributed by atoms with Gasteiger partial charge in [-0.3, -0.25) is 14.4 Å². The lowest BCUT2D eigenvalue weighted by Gasteiger charge is -2.35. The lowest BCUT2D eigenvalue weighted by atomic mass is 9.94. The van der Waals surface area contributed by atoms with E-state index in [-0.39, 0.29) is 37.5 Å². The zero-order valence-corrected chi connectivity index (χ0v) is 14.7. The third-order valence-corrected chi connectivity index (χ3v) is 5.06. The molecule has 0 N–H and O–H groups in total. The third kappa shape index (κ3) is 3.27. The van der Waals surface area contributed by atoms with Crippen molar-refractivity contribution in [1.29, 1.82) is 0 Å². The average molecular weight is 365 g/mol. The summed E-state index contributed by atoms with van der Waals surface area (Å²) < 4.78 is 27.9. The van der Waals surface area contributed by atoms with Crippen LogP contribution in [0.5, 0.6) is 0 Å². The molecule has 3 fully saturated rings. The summed E-state index contributed by atoms with van der Waals surface area (Å²) in [5.74, 6) is -3.44. The molecule has 0 radical (unpaired) electrons. The van der Waals surface area contributed by atoms with Gasteiger partial charge in [-0.2, -0.15) is 0 Å². The van der Waals surface area contributed by atoms with Crippen molar-refractivity contribution in [3.63, 3.8) is 0 Å². The van der Waals surface area contributed by atoms with Crippen LogP contribution in [0.4, 0.5) is 8.78 Å². The van der Waals surface area contributed by atoms with Gasteiger partial charge in [-0.25, -0.2) is 8.78 Å². The molecule has 2 atom stereocenters. The predicted molar refractivity (Wildman–Crippen MR) is 89.2 cm³/mol. The Kier molecular flexibility index (Phi) is 4.93. The molecular weight excluding hydrogens is 344 g/mol. The molecule has 6 nitrogen and oxygen atoms in total. The number of nitrogens with zero attached hydrogens (tertiary/aromatic N) is 3. The monoisotopic (exact) mass is 365 g/mol. The Morgan fingerprint density at radius 1 is 1.15 bits per heavy atom. The van der Waals surface area contributed by atoms with Crippen LogP contribution in [0.3, 0.4) is 0 Å². The van der Waals surface area contributed by atoms with E-state index < -0.39 is 29.0 Å². The molecule has 3 heterocycles. The van der Waals surface area contributed by atoms with Gasteiger partial charge in [-0.15, -0.1) is 0 Å². The van der Waals surface area contributed by atoms with Crippen molar-refractivity contribution in [3.05, 3.63) is 35.4 Å². The topological polar surface area (TPSA) is 60.9 Å². The van der Waals surface area contributed by atoms with Crippen molar-refractivity contribution >= 4 is 17.7 Å².